The van der Waals surface area contributed by atoms with Crippen LogP contribution in [0.15, 0.2) is 18.6 Å². The molecule has 1 amide bonds. The van der Waals surface area contributed by atoms with Gasteiger partial charge in [0, 0.05) is 26.2 Å². The number of nitrogens with one attached hydrogen (secondary N) is 1. The molecule has 2 aliphatic heterocycles. The SMILES string of the molecule is CC(=O)N1CCC[C@@H]1[C@@H]1CCCN1c1ncnc2[nH]ccc12. The van der Waals surface area contributed by atoms with E-state index >= 15 is 0 Å². The van der Waals surface area contributed by atoms with Crippen molar-refractivity contribution in [2.45, 2.75) is 44.7 Å². The van der Waals surface area contributed by atoms with Gasteiger partial charge < -0.3 is 14.8 Å². The van der Waals surface area contributed by atoms with Crippen LogP contribution in [-0.2, 0) is 4.79 Å². The molecule has 2 fully saturated rings. The Hall–Kier alpha value is -2.11. The van der Waals surface area contributed by atoms with Crippen LogP contribution in [0.3, 0.4) is 0 Å². The van der Waals surface area contributed by atoms with Crippen molar-refractivity contribution in [2.24, 2.45) is 0 Å². The van der Waals surface area contributed by atoms with Gasteiger partial charge in [0.1, 0.15) is 17.8 Å². The van der Waals surface area contributed by atoms with Crippen molar-refractivity contribution >= 4 is 22.8 Å². The number of anilines is 1. The fourth-order valence-corrected chi connectivity index (χ4v) is 4.13. The minimum absolute atomic E-state index is 0.198. The normalized spacial score (nSPS) is 25.3. The fraction of sp³-hybridized carbons (Fsp3) is 0.562. The van der Waals surface area contributed by atoms with Crippen molar-refractivity contribution in [3.05, 3.63) is 18.6 Å². The van der Waals surface area contributed by atoms with Gasteiger partial charge in [-0.1, -0.05) is 0 Å². The Morgan fingerprint density at radius 3 is 2.91 bits per heavy atom. The maximum absolute atomic E-state index is 11.9. The van der Waals surface area contributed by atoms with Gasteiger partial charge >= 0.3 is 0 Å². The molecule has 0 aliphatic carbocycles. The molecular formula is C16H21N5O. The predicted molar refractivity (Wildman–Crippen MR) is 84.7 cm³/mol. The summed E-state index contributed by atoms with van der Waals surface area (Å²) in [4.78, 5) is 28.3. The average Bonchev–Trinajstić information content (AvgIpc) is 3.25. The third-order valence-corrected chi connectivity index (χ3v) is 5.05. The number of hydrogen-bond donors (Lipinski definition) is 1. The lowest BCUT2D eigenvalue weighted by Crippen LogP contribution is -2.48. The van der Waals surface area contributed by atoms with E-state index in [1.54, 1.807) is 13.3 Å². The third kappa shape index (κ3) is 2.05. The fourth-order valence-electron chi connectivity index (χ4n) is 4.13. The Labute approximate surface area is 129 Å². The number of likely N-dealkylation sites (tertiary alicyclic amines) is 1. The highest BCUT2D eigenvalue weighted by Gasteiger charge is 2.39. The topological polar surface area (TPSA) is 65.1 Å². The molecule has 0 unspecified atom stereocenters. The van der Waals surface area contributed by atoms with Crippen LogP contribution in [-0.4, -0.2) is 50.9 Å². The van der Waals surface area contributed by atoms with Gasteiger partial charge in [0.25, 0.3) is 0 Å². The number of fused-ring (bicyclic) bond motifs is 1. The lowest BCUT2D eigenvalue weighted by molar-refractivity contribution is -0.129. The quantitative estimate of drug-likeness (QED) is 0.920. The van der Waals surface area contributed by atoms with E-state index in [9.17, 15) is 4.79 Å². The summed E-state index contributed by atoms with van der Waals surface area (Å²) in [6.07, 6.45) is 8.03. The molecular weight excluding hydrogens is 278 g/mol. The third-order valence-electron chi connectivity index (χ3n) is 5.05. The second-order valence-electron chi connectivity index (χ2n) is 6.26. The van der Waals surface area contributed by atoms with Gasteiger partial charge in [-0.2, -0.15) is 0 Å². The molecule has 2 aromatic heterocycles. The van der Waals surface area contributed by atoms with Crippen LogP contribution in [0.25, 0.3) is 11.0 Å². The van der Waals surface area contributed by atoms with Crippen molar-refractivity contribution in [1.29, 1.82) is 0 Å². The minimum Gasteiger partial charge on any atom is -0.351 e. The summed E-state index contributed by atoms with van der Waals surface area (Å²) >= 11 is 0. The van der Waals surface area contributed by atoms with Crippen LogP contribution < -0.4 is 4.90 Å². The van der Waals surface area contributed by atoms with E-state index in [-0.39, 0.29) is 5.91 Å². The Morgan fingerprint density at radius 2 is 2.05 bits per heavy atom. The van der Waals surface area contributed by atoms with Crippen molar-refractivity contribution in [1.82, 2.24) is 19.9 Å². The number of rotatable bonds is 2. The second kappa shape index (κ2) is 5.26. The molecule has 6 heteroatoms. The second-order valence-corrected chi connectivity index (χ2v) is 6.26. The Balaban J connectivity index is 1.69. The summed E-state index contributed by atoms with van der Waals surface area (Å²) < 4.78 is 0. The smallest absolute Gasteiger partial charge is 0.219 e. The van der Waals surface area contributed by atoms with Gasteiger partial charge in [0.15, 0.2) is 0 Å². The largest absolute Gasteiger partial charge is 0.351 e. The highest BCUT2D eigenvalue weighted by molar-refractivity contribution is 5.87. The lowest BCUT2D eigenvalue weighted by Gasteiger charge is -2.35. The van der Waals surface area contributed by atoms with Gasteiger partial charge in [0.05, 0.1) is 17.5 Å². The highest BCUT2D eigenvalue weighted by Crippen LogP contribution is 2.35. The monoisotopic (exact) mass is 299 g/mol. The van der Waals surface area contributed by atoms with Crippen LogP contribution in [0.4, 0.5) is 5.82 Å². The van der Waals surface area contributed by atoms with Crippen molar-refractivity contribution in [3.63, 3.8) is 0 Å². The number of hydrogen-bond acceptors (Lipinski definition) is 4. The summed E-state index contributed by atoms with van der Waals surface area (Å²) in [6, 6.07) is 2.74. The molecule has 0 bridgehead atoms. The molecule has 2 aromatic rings. The summed E-state index contributed by atoms with van der Waals surface area (Å²) in [5.41, 5.74) is 0.880. The van der Waals surface area contributed by atoms with Gasteiger partial charge in [-0.3, -0.25) is 4.79 Å². The van der Waals surface area contributed by atoms with E-state index in [0.717, 1.165) is 55.6 Å². The number of amides is 1. The number of H-pyrrole nitrogens is 1. The molecule has 4 rings (SSSR count). The minimum atomic E-state index is 0.198. The van der Waals surface area contributed by atoms with E-state index in [1.807, 2.05) is 12.3 Å². The van der Waals surface area contributed by atoms with E-state index < -0.39 is 0 Å². The van der Waals surface area contributed by atoms with Crippen LogP contribution >= 0.6 is 0 Å². The van der Waals surface area contributed by atoms with Crippen LogP contribution in [0, 0.1) is 0 Å². The molecule has 2 aliphatic rings. The molecule has 0 spiro atoms. The summed E-state index contributed by atoms with van der Waals surface area (Å²) in [6.45, 7) is 3.59. The van der Waals surface area contributed by atoms with E-state index in [1.165, 1.54) is 0 Å². The molecule has 0 aromatic carbocycles. The number of carbonyl (C=O) groups is 1. The maximum atomic E-state index is 11.9. The molecule has 1 N–H and O–H groups in total. The van der Waals surface area contributed by atoms with Gasteiger partial charge in [-0.15, -0.1) is 0 Å². The Kier molecular flexibility index (Phi) is 3.24. The first kappa shape index (κ1) is 13.5. The van der Waals surface area contributed by atoms with Gasteiger partial charge in [-0.05, 0) is 31.7 Å². The van der Waals surface area contributed by atoms with E-state index in [0.29, 0.717) is 12.1 Å². The molecule has 6 nitrogen and oxygen atoms in total. The van der Waals surface area contributed by atoms with Crippen LogP contribution in [0.5, 0.6) is 0 Å². The number of aromatic amines is 1. The molecule has 0 saturated carbocycles. The first-order chi connectivity index (χ1) is 10.8. The van der Waals surface area contributed by atoms with Gasteiger partial charge in [0.2, 0.25) is 5.91 Å². The zero-order valence-corrected chi connectivity index (χ0v) is 12.8. The zero-order chi connectivity index (χ0) is 15.1. The number of nitrogens with zero attached hydrogens (tertiary/aromatic N) is 4. The molecule has 22 heavy (non-hydrogen) atoms. The maximum Gasteiger partial charge on any atom is 0.219 e. The molecule has 2 saturated heterocycles. The predicted octanol–water partition coefficient (Wildman–Crippen LogP) is 1.94. The molecule has 116 valence electrons. The van der Waals surface area contributed by atoms with Crippen LogP contribution in [0.2, 0.25) is 0 Å². The van der Waals surface area contributed by atoms with E-state index in [4.69, 9.17) is 0 Å². The van der Waals surface area contributed by atoms with Crippen LogP contribution in [0.1, 0.15) is 32.6 Å². The highest BCUT2D eigenvalue weighted by atomic mass is 16.2. The number of aromatic nitrogens is 3. The first-order valence-electron chi connectivity index (χ1n) is 8.07. The number of carbonyl (C=O) groups excluding carboxylic acids is 1. The Morgan fingerprint density at radius 1 is 1.23 bits per heavy atom. The summed E-state index contributed by atoms with van der Waals surface area (Å²) in [5.74, 6) is 1.20. The summed E-state index contributed by atoms with van der Waals surface area (Å²) in [7, 11) is 0. The molecule has 0 radical (unpaired) electrons. The van der Waals surface area contributed by atoms with Crippen molar-refractivity contribution < 1.29 is 4.79 Å². The Bertz CT molecular complexity index is 697. The average molecular weight is 299 g/mol. The first-order valence-corrected chi connectivity index (χ1v) is 8.07. The lowest BCUT2D eigenvalue weighted by atomic mass is 10.0. The molecule has 2 atom stereocenters. The van der Waals surface area contributed by atoms with Gasteiger partial charge in [-0.25, -0.2) is 9.97 Å². The van der Waals surface area contributed by atoms with Crippen molar-refractivity contribution in [2.75, 3.05) is 18.0 Å². The molecule has 4 heterocycles. The van der Waals surface area contributed by atoms with Crippen molar-refractivity contribution in [3.8, 4) is 0 Å². The zero-order valence-electron chi connectivity index (χ0n) is 12.8. The standard InChI is InChI=1S/C16H21N5O/c1-11(22)20-8-2-4-13(20)14-5-3-9-21(14)16-12-6-7-17-15(12)18-10-19-16/h6-7,10,13-14H,2-5,8-9H2,1H3,(H,17,18,19)/t13-,14+/m1/s1. The van der Waals surface area contributed by atoms with E-state index in [2.05, 4.69) is 24.8 Å². The summed E-state index contributed by atoms with van der Waals surface area (Å²) in [5, 5.41) is 1.07.